The summed E-state index contributed by atoms with van der Waals surface area (Å²) in [6.45, 7) is 3.57. The number of ketones is 1. The number of aromatic amines is 1. The van der Waals surface area contributed by atoms with E-state index in [4.69, 9.17) is 22.1 Å². The number of anilines is 2. The number of hydrogen-bond donors (Lipinski definition) is 3. The molecule has 3 aromatic carbocycles. The lowest BCUT2D eigenvalue weighted by Gasteiger charge is -2.12. The van der Waals surface area contributed by atoms with Gasteiger partial charge < -0.3 is 15.5 Å². The Hall–Kier alpha value is -5.20. The predicted molar refractivity (Wildman–Crippen MR) is 166 cm³/mol. The maximum atomic E-state index is 14.0. The highest BCUT2D eigenvalue weighted by molar-refractivity contribution is 7.92. The van der Waals surface area contributed by atoms with Gasteiger partial charge in [-0.05, 0) is 79.6 Å². The molecular formula is C31H24ClFN6O4S. The van der Waals surface area contributed by atoms with Gasteiger partial charge in [-0.2, -0.15) is 5.10 Å². The van der Waals surface area contributed by atoms with Crippen LogP contribution in [0.5, 0.6) is 11.5 Å². The fourth-order valence-electron chi connectivity index (χ4n) is 4.72. The summed E-state index contributed by atoms with van der Waals surface area (Å²) in [4.78, 5) is 20.3. The Labute approximate surface area is 256 Å². The number of rotatable bonds is 8. The van der Waals surface area contributed by atoms with Crippen LogP contribution in [-0.4, -0.2) is 33.9 Å². The van der Waals surface area contributed by atoms with Crippen LogP contribution in [0.2, 0.25) is 5.02 Å². The van der Waals surface area contributed by atoms with Crippen LogP contribution in [0, 0.1) is 19.7 Å². The zero-order valence-corrected chi connectivity index (χ0v) is 24.9. The average molecular weight is 631 g/mol. The minimum atomic E-state index is -3.96. The van der Waals surface area contributed by atoms with Crippen molar-refractivity contribution in [2.24, 2.45) is 0 Å². The number of para-hydroxylation sites is 1. The Bertz CT molecular complexity index is 2200. The molecule has 3 aromatic heterocycles. The fourth-order valence-corrected chi connectivity index (χ4v) is 6.07. The topological polar surface area (TPSA) is 145 Å². The zero-order valence-electron chi connectivity index (χ0n) is 23.3. The fraction of sp³-hybridized carbons (Fsp3) is 0.0645. The number of carbonyl (C=O) groups excluding carboxylic acids is 1. The van der Waals surface area contributed by atoms with Crippen LogP contribution in [-0.2, 0) is 10.0 Å². The van der Waals surface area contributed by atoms with Gasteiger partial charge in [0.1, 0.15) is 16.5 Å². The molecule has 222 valence electrons. The van der Waals surface area contributed by atoms with E-state index in [-0.39, 0.29) is 32.7 Å². The molecular weight excluding hydrogens is 607 g/mol. The number of hydrogen-bond acceptors (Lipinski definition) is 7. The third kappa shape index (κ3) is 5.48. The van der Waals surface area contributed by atoms with Crippen LogP contribution in [0.1, 0.15) is 27.2 Å². The number of benzene rings is 3. The molecule has 0 saturated carbocycles. The van der Waals surface area contributed by atoms with Crippen LogP contribution in [0.25, 0.3) is 16.6 Å². The van der Waals surface area contributed by atoms with E-state index in [0.29, 0.717) is 33.6 Å². The van der Waals surface area contributed by atoms with E-state index < -0.39 is 21.6 Å². The molecule has 10 nitrogen and oxygen atoms in total. The first-order chi connectivity index (χ1) is 21.0. The molecule has 0 aliphatic carbocycles. The van der Waals surface area contributed by atoms with Crippen molar-refractivity contribution in [1.82, 2.24) is 19.7 Å². The summed E-state index contributed by atoms with van der Waals surface area (Å²) in [6, 6.07) is 17.5. The van der Waals surface area contributed by atoms with E-state index in [1.165, 1.54) is 41.5 Å². The van der Waals surface area contributed by atoms with Gasteiger partial charge in [0.15, 0.2) is 11.6 Å². The maximum Gasteiger partial charge on any atom is 0.263 e. The van der Waals surface area contributed by atoms with Gasteiger partial charge in [-0.1, -0.05) is 23.7 Å². The van der Waals surface area contributed by atoms with Crippen molar-refractivity contribution in [1.29, 1.82) is 0 Å². The second-order valence-corrected chi connectivity index (χ2v) is 12.2. The second-order valence-electron chi connectivity index (χ2n) is 10.0. The molecule has 0 spiro atoms. The van der Waals surface area contributed by atoms with Gasteiger partial charge in [-0.3, -0.25) is 14.5 Å². The van der Waals surface area contributed by atoms with Crippen molar-refractivity contribution in [2.45, 2.75) is 18.7 Å². The van der Waals surface area contributed by atoms with Crippen molar-refractivity contribution in [3.8, 4) is 17.2 Å². The molecule has 0 bridgehead atoms. The highest BCUT2D eigenvalue weighted by Gasteiger charge is 2.22. The van der Waals surface area contributed by atoms with Gasteiger partial charge in [-0.15, -0.1) is 0 Å². The van der Waals surface area contributed by atoms with Crippen molar-refractivity contribution >= 4 is 49.8 Å². The van der Waals surface area contributed by atoms with Crippen molar-refractivity contribution in [2.75, 3.05) is 10.5 Å². The number of fused-ring (bicyclic) bond motifs is 1. The SMILES string of the molecule is Cc1cc2cc(C(=O)c3cnn(-c4ccc(Oc5ccccc5F)cc4C)c3N)[nH]c2cc1NS(=O)(=O)c1cncc(Cl)c1. The summed E-state index contributed by atoms with van der Waals surface area (Å²) in [7, 11) is -3.96. The van der Waals surface area contributed by atoms with Crippen LogP contribution >= 0.6 is 11.6 Å². The summed E-state index contributed by atoms with van der Waals surface area (Å²) in [6.07, 6.45) is 3.93. The molecule has 3 heterocycles. The van der Waals surface area contributed by atoms with Gasteiger partial charge in [0, 0.05) is 23.3 Å². The molecule has 0 unspecified atom stereocenters. The third-order valence-electron chi connectivity index (χ3n) is 6.96. The van der Waals surface area contributed by atoms with Crippen LogP contribution in [0.3, 0.4) is 0 Å². The van der Waals surface area contributed by atoms with E-state index in [0.717, 1.165) is 5.56 Å². The van der Waals surface area contributed by atoms with Gasteiger partial charge in [0.25, 0.3) is 10.0 Å². The lowest BCUT2D eigenvalue weighted by atomic mass is 10.1. The smallest absolute Gasteiger partial charge is 0.263 e. The van der Waals surface area contributed by atoms with E-state index >= 15 is 0 Å². The van der Waals surface area contributed by atoms with Gasteiger partial charge in [-0.25, -0.2) is 17.5 Å². The summed E-state index contributed by atoms with van der Waals surface area (Å²) < 4.78 is 49.5. The molecule has 4 N–H and O–H groups in total. The van der Waals surface area contributed by atoms with Crippen molar-refractivity contribution in [3.63, 3.8) is 0 Å². The predicted octanol–water partition coefficient (Wildman–Crippen LogP) is 6.56. The number of aryl methyl sites for hydroxylation is 2. The summed E-state index contributed by atoms with van der Waals surface area (Å²) in [5, 5.41) is 5.23. The number of ether oxygens (including phenoxy) is 1. The Morgan fingerprint density at radius 1 is 1.02 bits per heavy atom. The molecule has 0 atom stereocenters. The lowest BCUT2D eigenvalue weighted by Crippen LogP contribution is -2.14. The number of nitrogen functional groups attached to an aromatic ring is 1. The molecule has 0 aliphatic rings. The average Bonchev–Trinajstić information content (AvgIpc) is 3.57. The first-order valence-electron chi connectivity index (χ1n) is 13.2. The van der Waals surface area contributed by atoms with Crippen LogP contribution in [0.15, 0.2) is 90.2 Å². The molecule has 0 amide bonds. The molecule has 44 heavy (non-hydrogen) atoms. The van der Waals surface area contributed by atoms with Gasteiger partial charge >= 0.3 is 0 Å². The number of carbonyl (C=O) groups is 1. The Morgan fingerprint density at radius 2 is 1.82 bits per heavy atom. The molecule has 0 aliphatic heterocycles. The van der Waals surface area contributed by atoms with E-state index in [1.54, 1.807) is 55.5 Å². The van der Waals surface area contributed by atoms with Crippen LogP contribution < -0.4 is 15.2 Å². The largest absolute Gasteiger partial charge is 0.454 e. The molecule has 0 saturated heterocycles. The minimum absolute atomic E-state index is 0.0816. The molecule has 0 radical (unpaired) electrons. The standard InChI is InChI=1S/C31H24ClFN6O4S/c1-17-9-19-11-27(37-26(19)13-25(17)38-44(41,42)22-12-20(32)14-35-15-22)30(40)23-16-36-39(31(23)34)28-8-7-21(10-18(28)2)43-29-6-4-3-5-24(29)33/h3-16,37-38H,34H2,1-2H3. The highest BCUT2D eigenvalue weighted by Crippen LogP contribution is 2.31. The maximum absolute atomic E-state index is 14.0. The van der Waals surface area contributed by atoms with Gasteiger partial charge in [0.2, 0.25) is 5.78 Å². The number of sulfonamides is 1. The number of halogens is 2. The first kappa shape index (κ1) is 28.9. The quantitative estimate of drug-likeness (QED) is 0.161. The van der Waals surface area contributed by atoms with E-state index in [9.17, 15) is 17.6 Å². The summed E-state index contributed by atoms with van der Waals surface area (Å²) in [5.41, 5.74) is 9.66. The van der Waals surface area contributed by atoms with E-state index in [1.807, 2.05) is 6.92 Å². The number of pyridine rings is 1. The zero-order chi connectivity index (χ0) is 31.2. The van der Waals surface area contributed by atoms with Crippen molar-refractivity contribution < 1.29 is 22.3 Å². The minimum Gasteiger partial charge on any atom is -0.454 e. The van der Waals surface area contributed by atoms with Crippen molar-refractivity contribution in [3.05, 3.63) is 119 Å². The number of aromatic nitrogens is 4. The molecule has 0 fully saturated rings. The Morgan fingerprint density at radius 3 is 2.57 bits per heavy atom. The second kappa shape index (κ2) is 11.1. The molecule has 13 heteroatoms. The van der Waals surface area contributed by atoms with Crippen LogP contribution in [0.4, 0.5) is 15.9 Å². The monoisotopic (exact) mass is 630 g/mol. The van der Waals surface area contributed by atoms with Gasteiger partial charge in [0.05, 0.1) is 33.9 Å². The lowest BCUT2D eigenvalue weighted by molar-refractivity contribution is 0.103. The first-order valence-corrected chi connectivity index (χ1v) is 15.0. The molecule has 6 rings (SSSR count). The number of nitrogens with one attached hydrogen (secondary N) is 2. The van der Waals surface area contributed by atoms with E-state index in [2.05, 4.69) is 19.8 Å². The highest BCUT2D eigenvalue weighted by atomic mass is 35.5. The number of H-pyrrole nitrogens is 1. The number of nitrogens with two attached hydrogens (primary N) is 1. The Kier molecular flexibility index (Phi) is 7.31. The third-order valence-corrected chi connectivity index (χ3v) is 8.50. The number of nitrogens with zero attached hydrogens (tertiary/aromatic N) is 3. The normalized spacial score (nSPS) is 11.5. The summed E-state index contributed by atoms with van der Waals surface area (Å²) >= 11 is 5.92. The molecule has 6 aromatic rings. The summed E-state index contributed by atoms with van der Waals surface area (Å²) in [5.74, 6) is -0.222. The Balaban J connectivity index is 1.26.